The Bertz CT molecular complexity index is 9580. The Morgan fingerprint density at radius 3 is 0.890 bits per heavy atom. The van der Waals surface area contributed by atoms with Crippen molar-refractivity contribution in [2.75, 3.05) is 0 Å². The third-order valence-electron chi connectivity index (χ3n) is 30.8. The molecule has 0 fully saturated rings. The summed E-state index contributed by atoms with van der Waals surface area (Å²) in [7, 11) is 0. The normalized spacial score (nSPS) is 12.8. The molecule has 0 atom stereocenters. The van der Waals surface area contributed by atoms with Crippen molar-refractivity contribution in [2.45, 2.75) is 10.8 Å². The van der Waals surface area contributed by atoms with Crippen molar-refractivity contribution in [1.29, 1.82) is 0 Å². The van der Waals surface area contributed by atoms with E-state index >= 15 is 0 Å². The molecular weight excluding hydrogens is 1760 g/mol. The predicted octanol–water partition coefficient (Wildman–Crippen LogP) is 34.6. The minimum absolute atomic E-state index is 0.609. The summed E-state index contributed by atoms with van der Waals surface area (Å²) in [6.45, 7) is 0. The van der Waals surface area contributed by atoms with Crippen molar-refractivity contribution in [3.63, 3.8) is 0 Å². The number of hydrogen-bond donors (Lipinski definition) is 0. The van der Waals surface area contributed by atoms with E-state index in [2.05, 4.69) is 541 Å². The second-order valence-corrected chi connectivity index (χ2v) is 38.4. The molecule has 0 unspecified atom stereocenters. The van der Waals surface area contributed by atoms with E-state index in [1.54, 1.807) is 0 Å². The number of para-hydroxylation sites is 6. The van der Waals surface area contributed by atoms with E-state index in [1.165, 1.54) is 87.9 Å². The molecule has 0 amide bonds. The van der Waals surface area contributed by atoms with Gasteiger partial charge in [0, 0.05) is 82.8 Å². The van der Waals surface area contributed by atoms with Crippen molar-refractivity contribution in [2.24, 2.45) is 0 Å². The third kappa shape index (κ3) is 12.9. The number of hydrogen-bond acceptors (Lipinski definition) is 4. The van der Waals surface area contributed by atoms with Gasteiger partial charge in [0.05, 0.1) is 66.7 Å². The highest BCUT2D eigenvalue weighted by molar-refractivity contribution is 6.14. The van der Waals surface area contributed by atoms with Crippen molar-refractivity contribution in [3.05, 3.63) is 572 Å². The van der Waals surface area contributed by atoms with Crippen LogP contribution in [-0.2, 0) is 10.8 Å². The lowest BCUT2D eigenvalue weighted by molar-refractivity contribution is 0.768. The summed E-state index contributed by atoms with van der Waals surface area (Å²) in [6.07, 6.45) is 0. The van der Waals surface area contributed by atoms with Crippen LogP contribution in [0.25, 0.3) is 227 Å². The lowest BCUT2D eigenvalue weighted by atomic mass is 9.67. The zero-order valence-corrected chi connectivity index (χ0v) is 78.9. The lowest BCUT2D eigenvalue weighted by Gasteiger charge is -2.34. The van der Waals surface area contributed by atoms with Crippen LogP contribution in [0.4, 0.5) is 0 Å². The van der Waals surface area contributed by atoms with Gasteiger partial charge in [0.15, 0.2) is 11.6 Å². The maximum atomic E-state index is 5.87. The van der Waals surface area contributed by atoms with E-state index in [1.807, 2.05) is 0 Å². The van der Waals surface area contributed by atoms with Crippen molar-refractivity contribution in [3.8, 4) is 141 Å². The largest absolute Gasteiger partial charge is 0.309 e. The van der Waals surface area contributed by atoms with Crippen LogP contribution in [0.5, 0.6) is 0 Å². The first kappa shape index (κ1) is 82.9. The summed E-state index contributed by atoms with van der Waals surface area (Å²) in [6, 6.07) is 194. The smallest absolute Gasteiger partial charge is 0.160 e. The minimum Gasteiger partial charge on any atom is -0.309 e. The average Bonchev–Trinajstić information content (AvgIpc) is 1.55. The van der Waals surface area contributed by atoms with Gasteiger partial charge in [-0.2, -0.15) is 0 Å². The first-order valence-corrected chi connectivity index (χ1v) is 49.9. The van der Waals surface area contributed by atoms with E-state index in [0.29, 0.717) is 11.6 Å². The van der Waals surface area contributed by atoms with Gasteiger partial charge < -0.3 is 13.7 Å². The highest BCUT2D eigenvalue weighted by atomic mass is 15.0. The first-order chi connectivity index (χ1) is 71.9. The summed E-state index contributed by atoms with van der Waals surface area (Å²) >= 11 is 0. The molecule has 7 heteroatoms. The van der Waals surface area contributed by atoms with Crippen LogP contribution in [0, 0.1) is 0 Å². The maximum Gasteiger partial charge on any atom is 0.160 e. The Balaban J connectivity index is 0.592. The molecule has 5 aromatic heterocycles. The number of fused-ring (bicyclic) bond motifs is 17. The fourth-order valence-electron chi connectivity index (χ4n) is 24.6. The molecule has 2 aliphatic carbocycles. The van der Waals surface area contributed by atoms with Gasteiger partial charge in [0.25, 0.3) is 0 Å². The van der Waals surface area contributed by atoms with Crippen LogP contribution in [0.2, 0.25) is 0 Å². The summed E-state index contributed by atoms with van der Waals surface area (Å²) in [5.41, 5.74) is 38.7. The van der Waals surface area contributed by atoms with Crippen molar-refractivity contribution in [1.82, 2.24) is 33.6 Å². The zero-order chi connectivity index (χ0) is 95.4. The lowest BCUT2D eigenvalue weighted by Crippen LogP contribution is -2.28. The predicted molar refractivity (Wildman–Crippen MR) is 599 cm³/mol. The van der Waals surface area contributed by atoms with Crippen molar-refractivity contribution < 1.29 is 0 Å². The number of benzene rings is 22. The molecule has 27 aromatic rings. The Hall–Kier alpha value is -19.1. The van der Waals surface area contributed by atoms with Crippen LogP contribution < -0.4 is 0 Å². The SMILES string of the molecule is c1ccc(-c2nc(-c3ccc4c(c3)C(c3ccccc3)(c3ccccc3)c3cccc(-c5ccc(-c6nc(-c7ccc8c(c7)C(c7ccccc7)(c7ccccc7)c7ccccc7-8)cc(-c7ccc(-c8cc(-n9c%10ccccc%10c%10ccccc%109)cc(-n9c%10ccccc%10c%10ccccc%109)c8)c8ccccc78)n6)cc5)c3-4)cc(-c3ccc(-c4cccc(-n5c6ccccc6c6ccccc65)c4)c4ccccc34)n2)cc1. The molecule has 0 radical (unpaired) electrons. The fourth-order valence-corrected chi connectivity index (χ4v) is 24.6. The van der Waals surface area contributed by atoms with E-state index < -0.39 is 10.8 Å². The monoisotopic (exact) mass is 1840 g/mol. The Morgan fingerprint density at radius 2 is 0.434 bits per heavy atom. The second-order valence-electron chi connectivity index (χ2n) is 38.4. The van der Waals surface area contributed by atoms with Crippen LogP contribution in [0.15, 0.2) is 528 Å². The topological polar surface area (TPSA) is 66.3 Å². The number of rotatable bonds is 16. The molecule has 145 heavy (non-hydrogen) atoms. The Kier molecular flexibility index (Phi) is 19.1. The molecule has 0 saturated heterocycles. The van der Waals surface area contributed by atoms with Gasteiger partial charge in [0.2, 0.25) is 0 Å². The van der Waals surface area contributed by atoms with Gasteiger partial charge in [0.1, 0.15) is 0 Å². The maximum absolute atomic E-state index is 5.87. The van der Waals surface area contributed by atoms with Crippen LogP contribution >= 0.6 is 0 Å². The molecule has 22 aromatic carbocycles. The molecule has 7 nitrogen and oxygen atoms in total. The Morgan fingerprint density at radius 1 is 0.145 bits per heavy atom. The molecule has 0 aliphatic heterocycles. The van der Waals surface area contributed by atoms with Gasteiger partial charge >= 0.3 is 0 Å². The standard InChI is InChI=1S/C138H87N7/c1-6-36-89(37-7-1)135-139-125(87-126(141-135)111-78-76-102(105-48-16-18-50-107(105)111)91-38-34-47-99(80-91)143-128-62-28-21-53-113(128)114-54-22-29-63-129(114)143)93-73-75-119-123(84-93)138(97-43-12-4-13-44-97,98-45-14-5-15-46-98)121-61-35-59-104(134(119)121)88-68-70-90(71-69-88)136-140-124(92-72-74-110-109-52-20-27-60-120(109)137(122(110)83-92,95-39-8-2-9-40-95)96-41-10-3-11-42-96)86-127(142-136)112-79-77-103(106-49-17-19-51-108(106)112)94-81-100(144-130-64-30-23-55-115(130)116-56-24-31-65-131(116)144)85-101(82-94)145-132-66-32-25-57-117(132)118-58-26-33-67-133(118)145/h1-87H. The molecular formula is C138H87N7. The second kappa shape index (κ2) is 33.3. The van der Waals surface area contributed by atoms with E-state index in [4.69, 9.17) is 19.9 Å². The summed E-state index contributed by atoms with van der Waals surface area (Å²) in [4.78, 5) is 22.9. The van der Waals surface area contributed by atoms with E-state index in [9.17, 15) is 0 Å². The van der Waals surface area contributed by atoms with Crippen LogP contribution in [0.3, 0.4) is 0 Å². The first-order valence-electron chi connectivity index (χ1n) is 49.9. The third-order valence-corrected chi connectivity index (χ3v) is 30.8. The molecule has 0 saturated carbocycles. The highest BCUT2D eigenvalue weighted by Crippen LogP contribution is 2.61. The Labute approximate surface area is 838 Å². The molecule has 2 aliphatic rings. The summed E-state index contributed by atoms with van der Waals surface area (Å²) in [5.74, 6) is 1.25. The van der Waals surface area contributed by atoms with Gasteiger partial charge in [-0.1, -0.05) is 437 Å². The molecule has 5 heterocycles. The van der Waals surface area contributed by atoms with Gasteiger partial charge in [-0.05, 0) is 213 Å². The molecule has 0 N–H and O–H groups in total. The molecule has 674 valence electrons. The van der Waals surface area contributed by atoms with Gasteiger partial charge in [-0.25, -0.2) is 19.9 Å². The van der Waals surface area contributed by atoms with Gasteiger partial charge in [-0.15, -0.1) is 0 Å². The zero-order valence-electron chi connectivity index (χ0n) is 78.9. The summed E-state index contributed by atoms with van der Waals surface area (Å²) in [5, 5.41) is 11.7. The van der Waals surface area contributed by atoms with Gasteiger partial charge in [-0.3, -0.25) is 0 Å². The number of aromatic nitrogens is 7. The molecule has 0 bridgehead atoms. The molecule has 0 spiro atoms. The minimum atomic E-state index is -0.786. The fraction of sp³-hybridized carbons (Fsp3) is 0.0145. The van der Waals surface area contributed by atoms with E-state index in [0.717, 1.165) is 172 Å². The average molecular weight is 1840 g/mol. The highest BCUT2D eigenvalue weighted by Gasteiger charge is 2.49. The summed E-state index contributed by atoms with van der Waals surface area (Å²) < 4.78 is 7.31. The molecule has 29 rings (SSSR count). The van der Waals surface area contributed by atoms with E-state index in [-0.39, 0.29) is 0 Å². The quantitative estimate of drug-likeness (QED) is 0.0967. The number of nitrogens with zero attached hydrogens (tertiary/aromatic N) is 7. The van der Waals surface area contributed by atoms with Crippen LogP contribution in [-0.4, -0.2) is 33.6 Å². The van der Waals surface area contributed by atoms with Crippen molar-refractivity contribution >= 4 is 87.0 Å². The van der Waals surface area contributed by atoms with Crippen LogP contribution in [0.1, 0.15) is 44.5 Å².